The third kappa shape index (κ3) is 8.70. The van der Waals surface area contributed by atoms with Gasteiger partial charge in [-0.2, -0.15) is 18.3 Å². The fourth-order valence-electron chi connectivity index (χ4n) is 4.46. The highest BCUT2D eigenvalue weighted by Crippen LogP contribution is 2.33. The molecule has 0 aliphatic rings. The van der Waals surface area contributed by atoms with Gasteiger partial charge in [0.1, 0.15) is 5.75 Å². The standard InChI is InChI=1S/C28H33ClF3N3O2S/c1-4-6-20(7-5-8-26(36)21-9-11-22(29)12-10-21)17-35-18-24-25(34-35)14-13-23(27(24)37-3)19(2)33-15-16-38-28(30,31)32/h9-14,18,20,33H,2,4-8,15-17H2,1,3H3. The van der Waals surface area contributed by atoms with Crippen LogP contribution in [0.1, 0.15) is 54.9 Å². The van der Waals surface area contributed by atoms with Crippen LogP contribution in [0.4, 0.5) is 13.2 Å². The lowest BCUT2D eigenvalue weighted by Gasteiger charge is -2.16. The molecule has 1 aromatic heterocycles. The first-order valence-corrected chi connectivity index (χ1v) is 13.9. The first-order chi connectivity index (χ1) is 18.1. The molecule has 1 heterocycles. The number of carbonyl (C=O) groups excluding carboxylic acids is 1. The molecule has 0 aliphatic carbocycles. The average molecular weight is 568 g/mol. The number of hydrogen-bond donors (Lipinski definition) is 1. The van der Waals surface area contributed by atoms with E-state index in [0.717, 1.165) is 36.6 Å². The maximum atomic E-state index is 12.5. The number of aromatic nitrogens is 2. The number of rotatable bonds is 15. The molecule has 38 heavy (non-hydrogen) atoms. The van der Waals surface area contributed by atoms with Gasteiger partial charge in [-0.15, -0.1) is 0 Å². The quantitative estimate of drug-likeness (QED) is 0.149. The first-order valence-electron chi connectivity index (χ1n) is 12.6. The van der Waals surface area contributed by atoms with Crippen molar-refractivity contribution < 1.29 is 22.7 Å². The smallest absolute Gasteiger partial charge is 0.441 e. The molecule has 206 valence electrons. The number of nitrogens with one attached hydrogen (secondary N) is 1. The lowest BCUT2D eigenvalue weighted by atomic mass is 9.95. The van der Waals surface area contributed by atoms with Crippen LogP contribution in [0.2, 0.25) is 5.02 Å². The van der Waals surface area contributed by atoms with Crippen molar-refractivity contribution in [3.8, 4) is 5.75 Å². The van der Waals surface area contributed by atoms with Gasteiger partial charge in [-0.1, -0.05) is 31.5 Å². The zero-order valence-corrected chi connectivity index (χ0v) is 23.2. The Kier molecular flexibility index (Phi) is 11.0. The molecule has 0 spiro atoms. The topological polar surface area (TPSA) is 56.2 Å². The van der Waals surface area contributed by atoms with E-state index < -0.39 is 5.51 Å². The molecule has 0 aliphatic heterocycles. The van der Waals surface area contributed by atoms with E-state index in [1.807, 2.05) is 23.0 Å². The van der Waals surface area contributed by atoms with Crippen LogP contribution in [-0.4, -0.2) is 40.5 Å². The van der Waals surface area contributed by atoms with E-state index >= 15 is 0 Å². The van der Waals surface area contributed by atoms with Gasteiger partial charge in [0.25, 0.3) is 0 Å². The molecule has 0 fully saturated rings. The van der Waals surface area contributed by atoms with Crippen molar-refractivity contribution >= 4 is 45.7 Å². The fraction of sp³-hybridized carbons (Fsp3) is 0.429. The minimum absolute atomic E-state index is 0.0693. The molecule has 1 atom stereocenters. The van der Waals surface area contributed by atoms with Crippen LogP contribution in [0.3, 0.4) is 0 Å². The number of methoxy groups -OCH3 is 1. The van der Waals surface area contributed by atoms with Gasteiger partial charge in [0.05, 0.1) is 18.0 Å². The second-order valence-corrected chi connectivity index (χ2v) is 10.7. The first kappa shape index (κ1) is 29.9. The molecular weight excluding hydrogens is 535 g/mol. The molecule has 0 saturated carbocycles. The summed E-state index contributed by atoms with van der Waals surface area (Å²) in [7, 11) is 1.56. The van der Waals surface area contributed by atoms with Crippen LogP contribution in [0.15, 0.2) is 49.2 Å². The summed E-state index contributed by atoms with van der Waals surface area (Å²) in [5, 5.41) is 9.10. The lowest BCUT2D eigenvalue weighted by Crippen LogP contribution is -2.17. The van der Waals surface area contributed by atoms with Gasteiger partial charge in [-0.05, 0) is 73.3 Å². The Balaban J connectivity index is 1.64. The number of fused-ring (bicyclic) bond motifs is 1. The van der Waals surface area contributed by atoms with Gasteiger partial charge in [-0.25, -0.2) is 0 Å². The third-order valence-electron chi connectivity index (χ3n) is 6.25. The van der Waals surface area contributed by atoms with Crippen molar-refractivity contribution in [1.82, 2.24) is 15.1 Å². The van der Waals surface area contributed by atoms with Crippen molar-refractivity contribution in [3.05, 3.63) is 65.3 Å². The Labute approximate surface area is 230 Å². The number of alkyl halides is 3. The highest BCUT2D eigenvalue weighted by molar-refractivity contribution is 8.00. The van der Waals surface area contributed by atoms with Crippen molar-refractivity contribution in [2.75, 3.05) is 19.4 Å². The fourth-order valence-corrected chi connectivity index (χ4v) is 5.03. The van der Waals surface area contributed by atoms with Gasteiger partial charge in [0.15, 0.2) is 5.78 Å². The molecule has 0 amide bonds. The van der Waals surface area contributed by atoms with Gasteiger partial charge in [-0.3, -0.25) is 9.48 Å². The van der Waals surface area contributed by atoms with Crippen LogP contribution in [0.5, 0.6) is 5.75 Å². The van der Waals surface area contributed by atoms with Gasteiger partial charge >= 0.3 is 5.51 Å². The zero-order valence-electron chi connectivity index (χ0n) is 21.6. The summed E-state index contributed by atoms with van der Waals surface area (Å²) in [6.07, 6.45) is 6.16. The lowest BCUT2D eigenvalue weighted by molar-refractivity contribution is -0.0327. The number of nitrogens with zero attached hydrogens (tertiary/aromatic N) is 2. The Morgan fingerprint density at radius 2 is 1.95 bits per heavy atom. The summed E-state index contributed by atoms with van der Waals surface area (Å²) < 4.78 is 44.7. The Morgan fingerprint density at radius 1 is 1.21 bits per heavy atom. The summed E-state index contributed by atoms with van der Waals surface area (Å²) in [5.41, 5.74) is -1.64. The summed E-state index contributed by atoms with van der Waals surface area (Å²) in [6.45, 7) is 6.97. The van der Waals surface area contributed by atoms with E-state index in [4.69, 9.17) is 21.4 Å². The highest BCUT2D eigenvalue weighted by atomic mass is 35.5. The van der Waals surface area contributed by atoms with Crippen LogP contribution in [0, 0.1) is 5.92 Å². The molecular formula is C28H33ClF3N3O2S. The molecule has 1 N–H and O–H groups in total. The monoisotopic (exact) mass is 567 g/mol. The zero-order chi connectivity index (χ0) is 27.7. The second kappa shape index (κ2) is 13.9. The predicted molar refractivity (Wildman–Crippen MR) is 150 cm³/mol. The van der Waals surface area contributed by atoms with Gasteiger partial charge in [0.2, 0.25) is 0 Å². The summed E-state index contributed by atoms with van der Waals surface area (Å²) in [6, 6.07) is 10.7. The number of thioether (sulfide) groups is 1. The van der Waals surface area contributed by atoms with Crippen LogP contribution >= 0.6 is 23.4 Å². The SMILES string of the molecule is C=C(NCCSC(F)(F)F)c1ccc2nn(CC(CCC)CCCC(=O)c3ccc(Cl)cc3)cc2c1OC. The number of Topliss-reactive ketones (excluding diaryl/α,β-unsaturated/α-hetero) is 1. The maximum absolute atomic E-state index is 12.5. The van der Waals surface area contributed by atoms with Gasteiger partial charge < -0.3 is 10.1 Å². The number of halogens is 4. The third-order valence-corrected chi connectivity index (χ3v) is 7.23. The molecule has 0 bridgehead atoms. The largest absolute Gasteiger partial charge is 0.495 e. The number of ketones is 1. The Hall–Kier alpha value is -2.65. The van der Waals surface area contributed by atoms with E-state index in [-0.39, 0.29) is 29.8 Å². The van der Waals surface area contributed by atoms with E-state index in [2.05, 4.69) is 18.8 Å². The number of ether oxygens (including phenoxy) is 1. The van der Waals surface area contributed by atoms with Gasteiger partial charge in [0, 0.05) is 53.3 Å². The summed E-state index contributed by atoms with van der Waals surface area (Å²) >= 11 is 5.85. The number of carbonyl (C=O) groups is 1. The molecule has 2 aromatic carbocycles. The maximum Gasteiger partial charge on any atom is 0.441 e. The molecule has 10 heteroatoms. The predicted octanol–water partition coefficient (Wildman–Crippen LogP) is 7.98. The summed E-state index contributed by atoms with van der Waals surface area (Å²) in [4.78, 5) is 12.5. The minimum atomic E-state index is -4.25. The highest BCUT2D eigenvalue weighted by Gasteiger charge is 2.27. The van der Waals surface area contributed by atoms with E-state index in [9.17, 15) is 18.0 Å². The van der Waals surface area contributed by atoms with E-state index in [0.29, 0.717) is 46.5 Å². The molecule has 3 aromatic rings. The average Bonchev–Trinajstić information content (AvgIpc) is 3.28. The van der Waals surface area contributed by atoms with Crippen molar-refractivity contribution in [2.45, 2.75) is 51.1 Å². The molecule has 0 saturated heterocycles. The van der Waals surface area contributed by atoms with Crippen molar-refractivity contribution in [3.63, 3.8) is 0 Å². The molecule has 5 nitrogen and oxygen atoms in total. The normalized spacial score (nSPS) is 12.5. The minimum Gasteiger partial charge on any atom is -0.495 e. The van der Waals surface area contributed by atoms with Crippen LogP contribution in [-0.2, 0) is 6.54 Å². The van der Waals surface area contributed by atoms with Crippen LogP contribution < -0.4 is 10.1 Å². The number of hydrogen-bond acceptors (Lipinski definition) is 5. The van der Waals surface area contributed by atoms with Crippen molar-refractivity contribution in [1.29, 1.82) is 0 Å². The van der Waals surface area contributed by atoms with Crippen LogP contribution in [0.25, 0.3) is 16.6 Å². The van der Waals surface area contributed by atoms with E-state index in [1.165, 1.54) is 0 Å². The number of benzene rings is 2. The molecule has 3 rings (SSSR count). The molecule has 0 radical (unpaired) electrons. The summed E-state index contributed by atoms with van der Waals surface area (Å²) in [5.74, 6) is 0.940. The van der Waals surface area contributed by atoms with Crippen molar-refractivity contribution in [2.24, 2.45) is 5.92 Å². The van der Waals surface area contributed by atoms with E-state index in [1.54, 1.807) is 31.4 Å². The Morgan fingerprint density at radius 3 is 2.61 bits per heavy atom. The molecule has 1 unspecified atom stereocenters. The Bertz CT molecular complexity index is 1230. The second-order valence-electron chi connectivity index (χ2n) is 9.11.